The number of nitrogens with zero attached hydrogens (tertiary/aromatic N) is 2. The number of anilines is 1. The maximum atomic E-state index is 6.12. The van der Waals surface area contributed by atoms with Crippen molar-refractivity contribution in [3.05, 3.63) is 52.4 Å². The number of halogens is 2. The Kier molecular flexibility index (Phi) is 4.81. The SMILES string of the molecule is Clc1ccc(C2(CNc3ncncc3Cl)CCOCC2)cc1. The van der Waals surface area contributed by atoms with Gasteiger partial charge < -0.3 is 10.1 Å². The fraction of sp³-hybridized carbons (Fsp3) is 0.375. The number of rotatable bonds is 4. The van der Waals surface area contributed by atoms with E-state index in [9.17, 15) is 0 Å². The number of nitrogens with one attached hydrogen (secondary N) is 1. The molecule has 6 heteroatoms. The van der Waals surface area contributed by atoms with Gasteiger partial charge in [0.05, 0.1) is 6.20 Å². The molecule has 4 nitrogen and oxygen atoms in total. The Morgan fingerprint density at radius 1 is 1.14 bits per heavy atom. The summed E-state index contributed by atoms with van der Waals surface area (Å²) in [6.45, 7) is 2.25. The number of hydrogen-bond donors (Lipinski definition) is 1. The van der Waals surface area contributed by atoms with Gasteiger partial charge in [-0.05, 0) is 30.5 Å². The summed E-state index contributed by atoms with van der Waals surface area (Å²) in [6.07, 6.45) is 4.98. The molecule has 3 rings (SSSR count). The molecule has 0 spiro atoms. The van der Waals surface area contributed by atoms with Crippen molar-refractivity contribution in [1.82, 2.24) is 9.97 Å². The van der Waals surface area contributed by atoms with Gasteiger partial charge in [0.25, 0.3) is 0 Å². The van der Waals surface area contributed by atoms with Gasteiger partial charge in [0, 0.05) is 30.2 Å². The minimum absolute atomic E-state index is 0.00286. The zero-order valence-corrected chi connectivity index (χ0v) is 13.6. The van der Waals surface area contributed by atoms with Gasteiger partial charge in [0.1, 0.15) is 17.2 Å². The van der Waals surface area contributed by atoms with E-state index in [2.05, 4.69) is 27.4 Å². The summed E-state index contributed by atoms with van der Waals surface area (Å²) in [6, 6.07) is 8.06. The quantitative estimate of drug-likeness (QED) is 0.917. The fourth-order valence-electron chi connectivity index (χ4n) is 2.83. The average Bonchev–Trinajstić information content (AvgIpc) is 2.56. The summed E-state index contributed by atoms with van der Waals surface area (Å²) < 4.78 is 5.54. The lowest BCUT2D eigenvalue weighted by Crippen LogP contribution is -2.40. The van der Waals surface area contributed by atoms with Crippen molar-refractivity contribution < 1.29 is 4.74 Å². The van der Waals surface area contributed by atoms with Crippen molar-refractivity contribution in [3.63, 3.8) is 0 Å². The monoisotopic (exact) mass is 337 g/mol. The Bertz CT molecular complexity index is 628. The molecule has 1 aliphatic rings. The maximum Gasteiger partial charge on any atom is 0.148 e. The standard InChI is InChI=1S/C16H17Cl2N3O/c17-13-3-1-12(2-4-13)16(5-7-22-8-6-16)10-20-15-14(18)9-19-11-21-15/h1-4,9,11H,5-8,10H2,(H,19,20,21). The molecule has 0 bridgehead atoms. The van der Waals surface area contributed by atoms with Crippen LogP contribution in [0.15, 0.2) is 36.8 Å². The molecular weight excluding hydrogens is 321 g/mol. The van der Waals surface area contributed by atoms with Gasteiger partial charge >= 0.3 is 0 Å². The third-order valence-electron chi connectivity index (χ3n) is 4.17. The lowest BCUT2D eigenvalue weighted by molar-refractivity contribution is 0.0543. The molecule has 2 aromatic rings. The first-order valence-electron chi connectivity index (χ1n) is 7.23. The molecule has 0 radical (unpaired) electrons. The largest absolute Gasteiger partial charge is 0.381 e. The van der Waals surface area contributed by atoms with Gasteiger partial charge in [-0.2, -0.15) is 0 Å². The topological polar surface area (TPSA) is 47.0 Å². The lowest BCUT2D eigenvalue weighted by Gasteiger charge is -2.38. The van der Waals surface area contributed by atoms with Crippen molar-refractivity contribution in [2.45, 2.75) is 18.3 Å². The summed E-state index contributed by atoms with van der Waals surface area (Å²) in [5.41, 5.74) is 1.26. The van der Waals surface area contributed by atoms with E-state index in [4.69, 9.17) is 27.9 Å². The van der Waals surface area contributed by atoms with Crippen LogP contribution in [0.4, 0.5) is 5.82 Å². The summed E-state index contributed by atoms with van der Waals surface area (Å²) in [4.78, 5) is 8.10. The highest BCUT2D eigenvalue weighted by Crippen LogP contribution is 2.36. The molecule has 0 atom stereocenters. The fourth-order valence-corrected chi connectivity index (χ4v) is 3.13. The van der Waals surface area contributed by atoms with Crippen LogP contribution in [0, 0.1) is 0 Å². The molecule has 1 saturated heterocycles. The van der Waals surface area contributed by atoms with Crippen LogP contribution in [0.1, 0.15) is 18.4 Å². The lowest BCUT2D eigenvalue weighted by atomic mass is 9.74. The van der Waals surface area contributed by atoms with E-state index in [-0.39, 0.29) is 5.41 Å². The van der Waals surface area contributed by atoms with Crippen LogP contribution in [-0.4, -0.2) is 29.7 Å². The smallest absolute Gasteiger partial charge is 0.148 e. The van der Waals surface area contributed by atoms with E-state index in [0.29, 0.717) is 10.8 Å². The second kappa shape index (κ2) is 6.82. The summed E-state index contributed by atoms with van der Waals surface area (Å²) in [7, 11) is 0. The van der Waals surface area contributed by atoms with Gasteiger partial charge in [0.2, 0.25) is 0 Å². The Morgan fingerprint density at radius 3 is 2.55 bits per heavy atom. The van der Waals surface area contributed by atoms with E-state index < -0.39 is 0 Å². The number of ether oxygens (including phenoxy) is 1. The first kappa shape index (κ1) is 15.5. The zero-order valence-electron chi connectivity index (χ0n) is 12.1. The second-order valence-corrected chi connectivity index (χ2v) is 6.32. The normalized spacial score (nSPS) is 17.2. The van der Waals surface area contributed by atoms with Gasteiger partial charge in [-0.25, -0.2) is 9.97 Å². The molecule has 22 heavy (non-hydrogen) atoms. The third kappa shape index (κ3) is 3.35. The Labute approximate surface area is 139 Å². The van der Waals surface area contributed by atoms with Gasteiger partial charge in [-0.1, -0.05) is 35.3 Å². The van der Waals surface area contributed by atoms with Crippen molar-refractivity contribution >= 4 is 29.0 Å². The number of hydrogen-bond acceptors (Lipinski definition) is 4. The molecule has 0 aliphatic carbocycles. The van der Waals surface area contributed by atoms with Crippen LogP contribution in [0.2, 0.25) is 10.0 Å². The molecule has 1 aromatic heterocycles. The molecule has 1 N–H and O–H groups in total. The molecule has 1 fully saturated rings. The highest BCUT2D eigenvalue weighted by molar-refractivity contribution is 6.32. The van der Waals surface area contributed by atoms with Crippen LogP contribution in [0.25, 0.3) is 0 Å². The third-order valence-corrected chi connectivity index (χ3v) is 4.70. The van der Waals surface area contributed by atoms with E-state index in [1.54, 1.807) is 6.20 Å². The van der Waals surface area contributed by atoms with Crippen molar-refractivity contribution in [1.29, 1.82) is 0 Å². The second-order valence-electron chi connectivity index (χ2n) is 5.47. The van der Waals surface area contributed by atoms with Gasteiger partial charge in [-0.3, -0.25) is 0 Å². The van der Waals surface area contributed by atoms with Crippen molar-refractivity contribution in [2.24, 2.45) is 0 Å². The zero-order chi connectivity index (χ0) is 15.4. The minimum atomic E-state index is -0.00286. The van der Waals surface area contributed by atoms with E-state index in [1.807, 2.05) is 12.1 Å². The highest BCUT2D eigenvalue weighted by atomic mass is 35.5. The molecule has 1 aliphatic heterocycles. The minimum Gasteiger partial charge on any atom is -0.381 e. The van der Waals surface area contributed by atoms with Gasteiger partial charge in [-0.15, -0.1) is 0 Å². The Morgan fingerprint density at radius 2 is 1.86 bits per heavy atom. The predicted molar refractivity (Wildman–Crippen MR) is 88.7 cm³/mol. The van der Waals surface area contributed by atoms with Crippen LogP contribution in [0.5, 0.6) is 0 Å². The van der Waals surface area contributed by atoms with Crippen LogP contribution >= 0.6 is 23.2 Å². The molecule has 1 aromatic carbocycles. The predicted octanol–water partition coefficient (Wildman–Crippen LogP) is 3.94. The summed E-state index contributed by atoms with van der Waals surface area (Å²) >= 11 is 12.1. The number of benzene rings is 1. The number of aromatic nitrogens is 2. The van der Waals surface area contributed by atoms with Crippen LogP contribution in [-0.2, 0) is 10.2 Å². The van der Waals surface area contributed by atoms with E-state index >= 15 is 0 Å². The highest BCUT2D eigenvalue weighted by Gasteiger charge is 2.34. The van der Waals surface area contributed by atoms with E-state index in [0.717, 1.165) is 37.6 Å². The molecule has 116 valence electrons. The van der Waals surface area contributed by atoms with Gasteiger partial charge in [0.15, 0.2) is 0 Å². The maximum absolute atomic E-state index is 6.12. The van der Waals surface area contributed by atoms with Crippen LogP contribution < -0.4 is 5.32 Å². The van der Waals surface area contributed by atoms with Crippen molar-refractivity contribution in [2.75, 3.05) is 25.1 Å². The first-order valence-corrected chi connectivity index (χ1v) is 7.98. The van der Waals surface area contributed by atoms with Crippen molar-refractivity contribution in [3.8, 4) is 0 Å². The Balaban J connectivity index is 1.83. The van der Waals surface area contributed by atoms with Crippen LogP contribution in [0.3, 0.4) is 0 Å². The molecule has 0 saturated carbocycles. The molecule has 0 amide bonds. The molecular formula is C16H17Cl2N3O. The van der Waals surface area contributed by atoms with E-state index in [1.165, 1.54) is 11.9 Å². The molecule has 2 heterocycles. The molecule has 0 unspecified atom stereocenters. The summed E-state index contributed by atoms with van der Waals surface area (Å²) in [5, 5.41) is 4.64. The average molecular weight is 338 g/mol. The first-order chi connectivity index (χ1) is 10.7. The Hall–Kier alpha value is -1.36. The summed E-state index contributed by atoms with van der Waals surface area (Å²) in [5.74, 6) is 0.663.